The molecule has 0 aromatic heterocycles. The van der Waals surface area contributed by atoms with E-state index < -0.39 is 21.2 Å². The van der Waals surface area contributed by atoms with Gasteiger partial charge in [0.1, 0.15) is 0 Å². The molecule has 194 valence electrons. The molecule has 0 aliphatic heterocycles. The van der Waals surface area contributed by atoms with Crippen molar-refractivity contribution in [3.63, 3.8) is 0 Å². The monoisotopic (exact) mass is 702 g/mol. The van der Waals surface area contributed by atoms with Gasteiger partial charge in [-0.05, 0) is 0 Å². The second-order valence-electron chi connectivity index (χ2n) is 11.4. The first-order valence-corrected chi connectivity index (χ1v) is 22.7. The van der Waals surface area contributed by atoms with E-state index in [1.165, 1.54) is 44.3 Å². The molecule has 0 fully saturated rings. The maximum absolute atomic E-state index is 3.76. The first-order valence-electron chi connectivity index (χ1n) is 14.1. The number of rotatable bonds is 7. The summed E-state index contributed by atoms with van der Waals surface area (Å²) < 4.78 is 5.81. The van der Waals surface area contributed by atoms with Crippen LogP contribution in [0.1, 0.15) is 33.4 Å². The summed E-state index contributed by atoms with van der Waals surface area (Å²) in [7, 11) is 0. The Kier molecular flexibility index (Phi) is 8.28. The van der Waals surface area contributed by atoms with Gasteiger partial charge in [-0.1, -0.05) is 0 Å². The third-order valence-electron chi connectivity index (χ3n) is 8.48. The van der Waals surface area contributed by atoms with Gasteiger partial charge in [0, 0.05) is 0 Å². The molecule has 0 nitrogen and oxygen atoms in total. The molecule has 2 heteroatoms. The molecule has 0 aliphatic carbocycles. The van der Waals surface area contributed by atoms with Crippen LogP contribution in [0.2, 0.25) is 3.88 Å². The van der Waals surface area contributed by atoms with E-state index in [1.807, 2.05) is 0 Å². The molecule has 5 aromatic carbocycles. The second-order valence-corrected chi connectivity index (χ2v) is 26.7. The van der Waals surface area contributed by atoms with Crippen LogP contribution >= 0.6 is 0 Å². The van der Waals surface area contributed by atoms with E-state index in [0.29, 0.717) is 6.71 Å². The molecule has 39 heavy (non-hydrogen) atoms. The van der Waals surface area contributed by atoms with Crippen molar-refractivity contribution >= 4 is 48.2 Å². The molecule has 0 atom stereocenters. The van der Waals surface area contributed by atoms with Crippen LogP contribution in [-0.4, -0.2) is 27.9 Å². The van der Waals surface area contributed by atoms with Crippen LogP contribution in [0.15, 0.2) is 115 Å². The van der Waals surface area contributed by atoms with Crippen LogP contribution in [0, 0.1) is 41.5 Å². The van der Waals surface area contributed by atoms with Crippen molar-refractivity contribution in [2.75, 3.05) is 0 Å². The SMILES string of the molecule is Cc1cc(C)c(B([CH2][Pb]([c]2ccccc2)([c]2ccccc2)[c]2ccccc2)c2c(C)cc(C)cc2C)c(C)c1. The van der Waals surface area contributed by atoms with Crippen molar-refractivity contribution in [3.05, 3.63) is 149 Å². The van der Waals surface area contributed by atoms with Gasteiger partial charge < -0.3 is 0 Å². The van der Waals surface area contributed by atoms with Gasteiger partial charge in [-0.15, -0.1) is 0 Å². The van der Waals surface area contributed by atoms with Crippen molar-refractivity contribution < 1.29 is 0 Å². The van der Waals surface area contributed by atoms with Gasteiger partial charge in [-0.2, -0.15) is 0 Å². The topological polar surface area (TPSA) is 0 Å². The Balaban J connectivity index is 1.88. The fourth-order valence-electron chi connectivity index (χ4n) is 7.16. The molecule has 0 saturated heterocycles. The number of hydrogen-bond acceptors (Lipinski definition) is 0. The predicted molar refractivity (Wildman–Crippen MR) is 175 cm³/mol. The zero-order chi connectivity index (χ0) is 27.6. The van der Waals surface area contributed by atoms with E-state index in [4.69, 9.17) is 0 Å². The average molecular weight is 702 g/mol. The van der Waals surface area contributed by atoms with E-state index in [9.17, 15) is 0 Å². The Labute approximate surface area is 240 Å². The van der Waals surface area contributed by atoms with Crippen LogP contribution in [0.25, 0.3) is 0 Å². The Morgan fingerprint density at radius 1 is 0.436 bits per heavy atom. The second kappa shape index (κ2) is 11.7. The Morgan fingerprint density at radius 3 is 1.00 bits per heavy atom. The Morgan fingerprint density at radius 2 is 0.718 bits per heavy atom. The summed E-state index contributed by atoms with van der Waals surface area (Å²) in [6, 6.07) is 44.0. The third kappa shape index (κ3) is 5.43. The van der Waals surface area contributed by atoms with Crippen LogP contribution < -0.4 is 20.3 Å². The molecular weight excluding hydrogens is 662 g/mol. The van der Waals surface area contributed by atoms with E-state index in [0.717, 1.165) is 3.88 Å². The van der Waals surface area contributed by atoms with Crippen molar-refractivity contribution in [2.24, 2.45) is 0 Å². The van der Waals surface area contributed by atoms with E-state index in [2.05, 4.69) is 157 Å². The van der Waals surface area contributed by atoms with Crippen molar-refractivity contribution in [1.29, 1.82) is 0 Å². The molecule has 0 radical (unpaired) electrons. The van der Waals surface area contributed by atoms with Gasteiger partial charge >= 0.3 is 242 Å². The maximum atomic E-state index is 2.42. The van der Waals surface area contributed by atoms with Crippen LogP contribution in [0.3, 0.4) is 0 Å². The van der Waals surface area contributed by atoms with Crippen molar-refractivity contribution in [3.8, 4) is 0 Å². The molecule has 0 spiro atoms. The number of benzene rings is 5. The molecule has 0 bridgehead atoms. The van der Waals surface area contributed by atoms with Crippen molar-refractivity contribution in [1.82, 2.24) is 0 Å². The van der Waals surface area contributed by atoms with E-state index in [1.54, 1.807) is 9.37 Å². The molecule has 0 N–H and O–H groups in total. The zero-order valence-electron chi connectivity index (χ0n) is 24.3. The van der Waals surface area contributed by atoms with E-state index in [-0.39, 0.29) is 0 Å². The number of hydrogen-bond donors (Lipinski definition) is 0. The summed E-state index contributed by atoms with van der Waals surface area (Å²) in [6.07, 6.45) is 0. The summed E-state index contributed by atoms with van der Waals surface area (Å²) in [4.78, 5) is 0. The van der Waals surface area contributed by atoms with Crippen molar-refractivity contribution in [2.45, 2.75) is 45.4 Å². The normalized spacial score (nSPS) is 11.4. The summed E-state index contributed by atoms with van der Waals surface area (Å²) in [5, 5.41) is 0. The van der Waals surface area contributed by atoms with Gasteiger partial charge in [0.05, 0.1) is 0 Å². The van der Waals surface area contributed by atoms with Gasteiger partial charge in [0.2, 0.25) is 0 Å². The average Bonchev–Trinajstić information content (AvgIpc) is 2.92. The minimum absolute atomic E-state index is 0.313. The molecule has 0 amide bonds. The quantitative estimate of drug-likeness (QED) is 0.187. The predicted octanol–water partition coefficient (Wildman–Crippen LogP) is 5.86. The zero-order valence-corrected chi connectivity index (χ0v) is 28.1. The fourth-order valence-corrected chi connectivity index (χ4v) is 26.6. The first kappa shape index (κ1) is 27.6. The number of aryl methyl sites for hydroxylation is 6. The third-order valence-corrected chi connectivity index (χ3v) is 27.8. The van der Waals surface area contributed by atoms with Gasteiger partial charge in [0.25, 0.3) is 0 Å². The van der Waals surface area contributed by atoms with Gasteiger partial charge in [-0.3, -0.25) is 0 Å². The summed E-state index contributed by atoms with van der Waals surface area (Å²) in [5.74, 6) is 0. The first-order chi connectivity index (χ1) is 18.8. The summed E-state index contributed by atoms with van der Waals surface area (Å²) in [6.45, 7) is 14.1. The van der Waals surface area contributed by atoms with Gasteiger partial charge in [0.15, 0.2) is 0 Å². The standard InChI is InChI=1S/C19H24B.3C6H5.Pb/c1-12-8-14(3)18(15(4)9-12)20(7)19-16(5)10-13(2)11-17(19)6;3*1-2-4-6-5-3-1;/h8-11H,7H2,1-6H3;3*1-5H;. The molecule has 0 heterocycles. The Hall–Kier alpha value is -2.91. The van der Waals surface area contributed by atoms with Crippen LogP contribution in [-0.2, 0) is 0 Å². The van der Waals surface area contributed by atoms with E-state index >= 15 is 0 Å². The molecule has 0 unspecified atom stereocenters. The fraction of sp³-hybridized carbons (Fsp3) is 0.189. The minimum atomic E-state index is -3.76. The molecule has 0 saturated carbocycles. The van der Waals surface area contributed by atoms with Crippen LogP contribution in [0.5, 0.6) is 0 Å². The molecule has 0 aliphatic rings. The van der Waals surface area contributed by atoms with Crippen LogP contribution in [0.4, 0.5) is 0 Å². The molecule has 5 rings (SSSR count). The Bertz CT molecular complexity index is 1370. The summed E-state index contributed by atoms with van der Waals surface area (Å²) in [5.41, 5.74) is 11.4. The van der Waals surface area contributed by atoms with Gasteiger partial charge in [-0.25, -0.2) is 0 Å². The molecular formula is C37H39BPb. The summed E-state index contributed by atoms with van der Waals surface area (Å²) >= 11 is -3.76. The molecule has 5 aromatic rings.